The molecule has 7 aromatic carbocycles. The third-order valence-electron chi connectivity index (χ3n) is 10.3. The molecule has 8 aromatic rings. The third kappa shape index (κ3) is 5.56. The molecule has 0 bridgehead atoms. The molecule has 0 N–H and O–H groups in total. The smallest absolute Gasteiger partial charge is 0.160 e. The Morgan fingerprint density at radius 3 is 1.31 bits per heavy atom. The topological polar surface area (TPSA) is 25.8 Å². The Morgan fingerprint density at radius 2 is 0.745 bits per heavy atom. The van der Waals surface area contributed by atoms with E-state index in [4.69, 9.17) is 9.97 Å². The van der Waals surface area contributed by atoms with Gasteiger partial charge in [0.15, 0.2) is 5.82 Å². The normalized spacial score (nSPS) is 12.7. The molecule has 9 rings (SSSR count). The maximum atomic E-state index is 5.08. The van der Waals surface area contributed by atoms with E-state index in [-0.39, 0.29) is 5.41 Å². The first-order valence-electron chi connectivity index (χ1n) is 17.6. The standard InChI is InChI=1S/C49H36N2/c1-49(2)44-21-13-12-20-40(44)43-30-41(35-24-22-34(23-25-35)33-14-6-3-7-15-33)42(31-45(43)49)36-26-28-39(29-27-36)48-50-46(37-16-8-4-9-17-37)32-47(51-48)38-18-10-5-11-19-38/h3-32H,1-2H3. The van der Waals surface area contributed by atoms with Crippen LogP contribution in [0.15, 0.2) is 182 Å². The zero-order chi connectivity index (χ0) is 34.4. The Kier molecular flexibility index (Phi) is 7.51. The van der Waals surface area contributed by atoms with Crippen LogP contribution in [0.5, 0.6) is 0 Å². The van der Waals surface area contributed by atoms with E-state index in [1.54, 1.807) is 0 Å². The third-order valence-corrected chi connectivity index (χ3v) is 10.3. The van der Waals surface area contributed by atoms with Gasteiger partial charge in [0.2, 0.25) is 0 Å². The molecule has 1 aliphatic rings. The molecule has 0 radical (unpaired) electrons. The highest BCUT2D eigenvalue weighted by Crippen LogP contribution is 2.52. The first-order valence-corrected chi connectivity index (χ1v) is 17.6. The van der Waals surface area contributed by atoms with Gasteiger partial charge in [0, 0.05) is 22.1 Å². The SMILES string of the molecule is CC1(C)c2ccccc2-c2cc(-c3ccc(-c4ccccc4)cc3)c(-c3ccc(-c4nc(-c5ccccc5)cc(-c5ccccc5)n4)cc3)cc21. The van der Waals surface area contributed by atoms with Crippen LogP contribution in [0.4, 0.5) is 0 Å². The van der Waals surface area contributed by atoms with Gasteiger partial charge in [0.25, 0.3) is 0 Å². The van der Waals surface area contributed by atoms with E-state index in [0.717, 1.165) is 33.6 Å². The second kappa shape index (κ2) is 12.5. The van der Waals surface area contributed by atoms with E-state index >= 15 is 0 Å². The van der Waals surface area contributed by atoms with Gasteiger partial charge in [-0.3, -0.25) is 0 Å². The Balaban J connectivity index is 1.17. The van der Waals surface area contributed by atoms with E-state index < -0.39 is 0 Å². The van der Waals surface area contributed by atoms with Crippen molar-refractivity contribution in [2.75, 3.05) is 0 Å². The molecular formula is C49H36N2. The fourth-order valence-corrected chi connectivity index (χ4v) is 7.59. The summed E-state index contributed by atoms with van der Waals surface area (Å²) in [5, 5.41) is 0. The number of rotatable bonds is 6. The van der Waals surface area contributed by atoms with E-state index in [0.29, 0.717) is 5.82 Å². The first-order chi connectivity index (χ1) is 25.0. The largest absolute Gasteiger partial charge is 0.228 e. The average molecular weight is 653 g/mol. The number of nitrogens with zero attached hydrogens (tertiary/aromatic N) is 2. The van der Waals surface area contributed by atoms with Crippen molar-refractivity contribution in [3.05, 3.63) is 193 Å². The molecule has 1 heterocycles. The van der Waals surface area contributed by atoms with Crippen molar-refractivity contribution in [2.24, 2.45) is 0 Å². The molecule has 242 valence electrons. The van der Waals surface area contributed by atoms with Crippen molar-refractivity contribution in [3.63, 3.8) is 0 Å². The molecule has 51 heavy (non-hydrogen) atoms. The van der Waals surface area contributed by atoms with E-state index in [1.807, 2.05) is 12.1 Å². The van der Waals surface area contributed by atoms with Crippen LogP contribution in [-0.2, 0) is 5.41 Å². The first kappa shape index (κ1) is 30.7. The van der Waals surface area contributed by atoms with Gasteiger partial charge in [-0.05, 0) is 73.8 Å². The van der Waals surface area contributed by atoms with Gasteiger partial charge in [-0.15, -0.1) is 0 Å². The highest BCUT2D eigenvalue weighted by molar-refractivity contribution is 5.93. The molecule has 1 aliphatic carbocycles. The number of hydrogen-bond acceptors (Lipinski definition) is 2. The van der Waals surface area contributed by atoms with Gasteiger partial charge < -0.3 is 0 Å². The lowest BCUT2D eigenvalue weighted by Gasteiger charge is -2.23. The van der Waals surface area contributed by atoms with Crippen LogP contribution in [0.3, 0.4) is 0 Å². The predicted molar refractivity (Wildman–Crippen MR) is 212 cm³/mol. The summed E-state index contributed by atoms with van der Waals surface area (Å²) in [4.78, 5) is 10.2. The van der Waals surface area contributed by atoms with Crippen LogP contribution in [0.1, 0.15) is 25.0 Å². The van der Waals surface area contributed by atoms with E-state index in [1.165, 1.54) is 50.1 Å². The quantitative estimate of drug-likeness (QED) is 0.179. The number of fused-ring (bicyclic) bond motifs is 3. The monoisotopic (exact) mass is 652 g/mol. The van der Waals surface area contributed by atoms with Gasteiger partial charge in [0.1, 0.15) is 0 Å². The molecule has 0 fully saturated rings. The predicted octanol–water partition coefficient (Wildman–Crippen LogP) is 12.8. The van der Waals surface area contributed by atoms with Crippen LogP contribution in [0.25, 0.3) is 78.4 Å². The summed E-state index contributed by atoms with van der Waals surface area (Å²) in [6, 6.07) is 64.9. The van der Waals surface area contributed by atoms with Gasteiger partial charge in [-0.25, -0.2) is 9.97 Å². The van der Waals surface area contributed by atoms with Crippen molar-refractivity contribution in [2.45, 2.75) is 19.3 Å². The molecule has 0 amide bonds. The molecule has 1 aromatic heterocycles. The highest BCUT2D eigenvalue weighted by Gasteiger charge is 2.36. The summed E-state index contributed by atoms with van der Waals surface area (Å²) >= 11 is 0. The lowest BCUT2D eigenvalue weighted by Crippen LogP contribution is -2.15. The molecule has 2 heteroatoms. The summed E-state index contributed by atoms with van der Waals surface area (Å²) in [5.41, 5.74) is 17.5. The summed E-state index contributed by atoms with van der Waals surface area (Å²) in [5.74, 6) is 0.712. The Labute approximate surface area is 299 Å². The molecule has 2 nitrogen and oxygen atoms in total. The summed E-state index contributed by atoms with van der Waals surface area (Å²) in [6.45, 7) is 4.69. The molecule has 0 atom stereocenters. The minimum absolute atomic E-state index is 0.101. The van der Waals surface area contributed by atoms with Crippen molar-refractivity contribution in [3.8, 4) is 78.4 Å². The molecule has 0 spiro atoms. The number of benzene rings is 7. The van der Waals surface area contributed by atoms with Gasteiger partial charge in [-0.1, -0.05) is 178 Å². The second-order valence-electron chi connectivity index (χ2n) is 13.8. The van der Waals surface area contributed by atoms with E-state index in [9.17, 15) is 0 Å². The molecule has 0 saturated heterocycles. The lowest BCUT2D eigenvalue weighted by molar-refractivity contribution is 0.660. The number of hydrogen-bond donors (Lipinski definition) is 0. The summed E-state index contributed by atoms with van der Waals surface area (Å²) in [7, 11) is 0. The average Bonchev–Trinajstić information content (AvgIpc) is 3.43. The Morgan fingerprint density at radius 1 is 0.314 bits per heavy atom. The second-order valence-corrected chi connectivity index (χ2v) is 13.8. The highest BCUT2D eigenvalue weighted by atomic mass is 14.9. The van der Waals surface area contributed by atoms with Crippen LogP contribution in [0.2, 0.25) is 0 Å². The minimum atomic E-state index is -0.101. The molecule has 0 aliphatic heterocycles. The van der Waals surface area contributed by atoms with Crippen molar-refractivity contribution < 1.29 is 0 Å². The Bertz CT molecular complexity index is 2440. The van der Waals surface area contributed by atoms with Crippen LogP contribution in [-0.4, -0.2) is 9.97 Å². The van der Waals surface area contributed by atoms with Crippen molar-refractivity contribution in [1.82, 2.24) is 9.97 Å². The number of aromatic nitrogens is 2. The van der Waals surface area contributed by atoms with Gasteiger partial charge in [0.05, 0.1) is 11.4 Å². The van der Waals surface area contributed by atoms with E-state index in [2.05, 4.69) is 184 Å². The van der Waals surface area contributed by atoms with Crippen LogP contribution >= 0.6 is 0 Å². The van der Waals surface area contributed by atoms with Gasteiger partial charge in [-0.2, -0.15) is 0 Å². The van der Waals surface area contributed by atoms with Gasteiger partial charge >= 0.3 is 0 Å². The summed E-state index contributed by atoms with van der Waals surface area (Å²) < 4.78 is 0. The maximum Gasteiger partial charge on any atom is 0.160 e. The maximum absolute atomic E-state index is 5.08. The minimum Gasteiger partial charge on any atom is -0.228 e. The fourth-order valence-electron chi connectivity index (χ4n) is 7.59. The van der Waals surface area contributed by atoms with Crippen LogP contribution in [0, 0.1) is 0 Å². The molecular weight excluding hydrogens is 617 g/mol. The molecule has 0 saturated carbocycles. The van der Waals surface area contributed by atoms with Crippen LogP contribution < -0.4 is 0 Å². The zero-order valence-electron chi connectivity index (χ0n) is 28.7. The lowest BCUT2D eigenvalue weighted by atomic mass is 9.80. The van der Waals surface area contributed by atoms with Crippen molar-refractivity contribution >= 4 is 0 Å². The molecule has 0 unspecified atom stereocenters. The fraction of sp³-hybridized carbons (Fsp3) is 0.0612. The van der Waals surface area contributed by atoms with Crippen molar-refractivity contribution in [1.29, 1.82) is 0 Å². The summed E-state index contributed by atoms with van der Waals surface area (Å²) in [6.07, 6.45) is 0. The zero-order valence-corrected chi connectivity index (χ0v) is 28.7. The Hall–Kier alpha value is -6.38.